The van der Waals surface area contributed by atoms with E-state index in [1.807, 2.05) is 24.3 Å². The Morgan fingerprint density at radius 3 is 2.41 bits per heavy atom. The van der Waals surface area contributed by atoms with Crippen molar-refractivity contribution in [3.8, 4) is 11.5 Å². The quantitative estimate of drug-likeness (QED) is 0.505. The normalized spacial score (nSPS) is 11.8. The number of methoxy groups -OCH3 is 2. The first-order chi connectivity index (χ1) is 13.9. The molecule has 1 amide bonds. The van der Waals surface area contributed by atoms with Crippen molar-refractivity contribution < 1.29 is 23.8 Å². The summed E-state index contributed by atoms with van der Waals surface area (Å²) in [7, 11) is 2.98. The number of esters is 1. The fourth-order valence-electron chi connectivity index (χ4n) is 2.53. The van der Waals surface area contributed by atoms with E-state index in [1.165, 1.54) is 38.9 Å². The second kappa shape index (κ2) is 10.5. The van der Waals surface area contributed by atoms with Gasteiger partial charge >= 0.3 is 5.97 Å². The molecule has 2 rings (SSSR count). The Bertz CT molecular complexity index is 893. The molecular weight excluding hydrogens is 394 g/mol. The highest BCUT2D eigenvalue weighted by Gasteiger charge is 2.17. The Hall–Kier alpha value is -2.99. The second-order valence-corrected chi connectivity index (χ2v) is 6.60. The van der Waals surface area contributed by atoms with E-state index in [2.05, 4.69) is 12.2 Å². The second-order valence-electron chi connectivity index (χ2n) is 6.19. The molecule has 7 heteroatoms. The Kier molecular flexibility index (Phi) is 8.09. The summed E-state index contributed by atoms with van der Waals surface area (Å²) < 4.78 is 15.5. The van der Waals surface area contributed by atoms with Crippen molar-refractivity contribution in [1.29, 1.82) is 0 Å². The number of anilines is 1. The molecule has 0 radical (unpaired) electrons. The highest BCUT2D eigenvalue weighted by Crippen LogP contribution is 2.36. The van der Waals surface area contributed by atoms with E-state index >= 15 is 0 Å². The van der Waals surface area contributed by atoms with Crippen LogP contribution in [0.15, 0.2) is 42.5 Å². The first-order valence-electron chi connectivity index (χ1n) is 9.08. The van der Waals surface area contributed by atoms with Gasteiger partial charge in [-0.1, -0.05) is 30.7 Å². The van der Waals surface area contributed by atoms with Gasteiger partial charge in [0.1, 0.15) is 0 Å². The smallest absolute Gasteiger partial charge is 0.331 e. The largest absolute Gasteiger partial charge is 0.493 e. The number of carbonyl (C=O) groups excluding carboxylic acids is 2. The van der Waals surface area contributed by atoms with Crippen molar-refractivity contribution in [1.82, 2.24) is 0 Å². The Morgan fingerprint density at radius 1 is 1.14 bits per heavy atom. The number of aryl methyl sites for hydroxylation is 1. The number of rotatable bonds is 8. The topological polar surface area (TPSA) is 73.9 Å². The zero-order valence-corrected chi connectivity index (χ0v) is 17.6. The molecule has 29 heavy (non-hydrogen) atoms. The minimum absolute atomic E-state index is 0.349. The van der Waals surface area contributed by atoms with Crippen LogP contribution in [0.4, 0.5) is 5.69 Å². The van der Waals surface area contributed by atoms with Gasteiger partial charge in [-0.05, 0) is 54.8 Å². The maximum atomic E-state index is 12.2. The van der Waals surface area contributed by atoms with Gasteiger partial charge in [-0.2, -0.15) is 0 Å². The van der Waals surface area contributed by atoms with Gasteiger partial charge in [0, 0.05) is 11.8 Å². The monoisotopic (exact) mass is 417 g/mol. The van der Waals surface area contributed by atoms with Gasteiger partial charge in [0.05, 0.1) is 19.2 Å². The Labute approximate surface area is 175 Å². The third-order valence-electron chi connectivity index (χ3n) is 4.16. The number of ether oxygens (including phenoxy) is 3. The van der Waals surface area contributed by atoms with Gasteiger partial charge in [-0.15, -0.1) is 0 Å². The fraction of sp³-hybridized carbons (Fsp3) is 0.273. The number of hydrogen-bond acceptors (Lipinski definition) is 5. The molecule has 1 atom stereocenters. The van der Waals surface area contributed by atoms with Gasteiger partial charge in [0.2, 0.25) is 0 Å². The molecule has 1 N–H and O–H groups in total. The fourth-order valence-corrected chi connectivity index (χ4v) is 2.83. The van der Waals surface area contributed by atoms with Crippen LogP contribution in [0.2, 0.25) is 5.02 Å². The molecule has 0 saturated heterocycles. The molecule has 0 saturated carbocycles. The standard InChI is InChI=1S/C22H24ClNO5/c1-5-15-6-9-17(10-7-15)24-22(26)14(2)29-20(25)11-8-16-12-18(23)21(28-4)19(13-16)27-3/h6-14H,5H2,1-4H3,(H,24,26)/b11-8+/t14-/m0/s1. The zero-order valence-electron chi connectivity index (χ0n) is 16.8. The predicted octanol–water partition coefficient (Wildman–Crippen LogP) is 4.50. The average molecular weight is 418 g/mol. The summed E-state index contributed by atoms with van der Waals surface area (Å²) in [6, 6.07) is 10.8. The number of benzene rings is 2. The lowest BCUT2D eigenvalue weighted by molar-refractivity contribution is -0.148. The molecule has 0 aliphatic rings. The van der Waals surface area contributed by atoms with Crippen LogP contribution in [0.3, 0.4) is 0 Å². The van der Waals surface area contributed by atoms with E-state index in [9.17, 15) is 9.59 Å². The molecular formula is C22H24ClNO5. The van der Waals surface area contributed by atoms with Crippen molar-refractivity contribution >= 4 is 35.2 Å². The molecule has 154 valence electrons. The lowest BCUT2D eigenvalue weighted by Gasteiger charge is -2.13. The summed E-state index contributed by atoms with van der Waals surface area (Å²) in [5.41, 5.74) is 2.44. The molecule has 0 heterocycles. The molecule has 0 aliphatic heterocycles. The van der Waals surface area contributed by atoms with Crippen LogP contribution < -0.4 is 14.8 Å². The third kappa shape index (κ3) is 6.26. The SMILES string of the molecule is CCc1ccc(NC(=O)[C@H](C)OC(=O)/C=C/c2cc(Cl)c(OC)c(OC)c2)cc1. The van der Waals surface area contributed by atoms with Gasteiger partial charge < -0.3 is 19.5 Å². The minimum Gasteiger partial charge on any atom is -0.493 e. The van der Waals surface area contributed by atoms with Gasteiger partial charge in [0.15, 0.2) is 17.6 Å². The zero-order chi connectivity index (χ0) is 21.4. The number of nitrogens with one attached hydrogen (secondary N) is 1. The van der Waals surface area contributed by atoms with E-state index in [4.69, 9.17) is 25.8 Å². The van der Waals surface area contributed by atoms with E-state index in [-0.39, 0.29) is 0 Å². The maximum absolute atomic E-state index is 12.2. The number of halogens is 1. The Morgan fingerprint density at radius 2 is 1.83 bits per heavy atom. The van der Waals surface area contributed by atoms with Crippen molar-refractivity contribution in [2.45, 2.75) is 26.4 Å². The number of hydrogen-bond donors (Lipinski definition) is 1. The van der Waals surface area contributed by atoms with Crippen LogP contribution in [-0.4, -0.2) is 32.2 Å². The Balaban J connectivity index is 1.96. The number of carbonyl (C=O) groups is 2. The molecule has 0 aliphatic carbocycles. The number of amides is 1. The summed E-state index contributed by atoms with van der Waals surface area (Å²) in [5.74, 6) is -0.217. The van der Waals surface area contributed by atoms with Gasteiger partial charge in [-0.25, -0.2) is 4.79 Å². The van der Waals surface area contributed by atoms with Crippen molar-refractivity contribution in [3.63, 3.8) is 0 Å². The molecule has 6 nitrogen and oxygen atoms in total. The van der Waals surface area contributed by atoms with Crippen LogP contribution in [0.5, 0.6) is 11.5 Å². The van der Waals surface area contributed by atoms with Crippen LogP contribution >= 0.6 is 11.6 Å². The first-order valence-corrected chi connectivity index (χ1v) is 9.45. The molecule has 2 aromatic rings. The highest BCUT2D eigenvalue weighted by atomic mass is 35.5. The van der Waals surface area contributed by atoms with Gasteiger partial charge in [0.25, 0.3) is 5.91 Å². The minimum atomic E-state index is -0.952. The lowest BCUT2D eigenvalue weighted by Crippen LogP contribution is -2.29. The van der Waals surface area contributed by atoms with E-state index < -0.39 is 18.0 Å². The highest BCUT2D eigenvalue weighted by molar-refractivity contribution is 6.32. The van der Waals surface area contributed by atoms with E-state index in [0.29, 0.717) is 27.8 Å². The molecule has 0 aromatic heterocycles. The lowest BCUT2D eigenvalue weighted by atomic mass is 10.1. The first kappa shape index (κ1) is 22.3. The summed E-state index contributed by atoms with van der Waals surface area (Å²) >= 11 is 6.14. The predicted molar refractivity (Wildman–Crippen MR) is 114 cm³/mol. The summed E-state index contributed by atoms with van der Waals surface area (Å²) in [4.78, 5) is 24.3. The molecule has 0 spiro atoms. The maximum Gasteiger partial charge on any atom is 0.331 e. The molecule has 0 unspecified atom stereocenters. The summed E-state index contributed by atoms with van der Waals surface area (Å²) in [5, 5.41) is 3.07. The summed E-state index contributed by atoms with van der Waals surface area (Å²) in [6.07, 6.45) is 2.70. The van der Waals surface area contributed by atoms with Crippen molar-refractivity contribution in [2.24, 2.45) is 0 Å². The van der Waals surface area contributed by atoms with Gasteiger partial charge in [-0.3, -0.25) is 4.79 Å². The van der Waals surface area contributed by atoms with Crippen molar-refractivity contribution in [3.05, 3.63) is 58.6 Å². The van der Waals surface area contributed by atoms with Crippen LogP contribution in [0, 0.1) is 0 Å². The molecule has 2 aromatic carbocycles. The van der Waals surface area contributed by atoms with Crippen LogP contribution in [0.1, 0.15) is 25.0 Å². The average Bonchev–Trinajstić information content (AvgIpc) is 2.72. The molecule has 0 fully saturated rings. The summed E-state index contributed by atoms with van der Waals surface area (Å²) in [6.45, 7) is 3.56. The van der Waals surface area contributed by atoms with Crippen LogP contribution in [0.25, 0.3) is 6.08 Å². The van der Waals surface area contributed by atoms with Crippen LogP contribution in [-0.2, 0) is 20.7 Å². The van der Waals surface area contributed by atoms with E-state index in [1.54, 1.807) is 12.1 Å². The molecule has 0 bridgehead atoms. The van der Waals surface area contributed by atoms with Crippen molar-refractivity contribution in [2.75, 3.05) is 19.5 Å². The third-order valence-corrected chi connectivity index (χ3v) is 4.44. The van der Waals surface area contributed by atoms with E-state index in [0.717, 1.165) is 6.42 Å².